The van der Waals surface area contributed by atoms with Gasteiger partial charge in [-0.2, -0.15) is 0 Å². The Kier molecular flexibility index (Phi) is 3.75. The number of anilines is 1. The van der Waals surface area contributed by atoms with Crippen LogP contribution >= 0.6 is 0 Å². The van der Waals surface area contributed by atoms with Gasteiger partial charge in [-0.15, -0.1) is 0 Å². The van der Waals surface area contributed by atoms with Crippen LogP contribution in [0, 0.1) is 11.8 Å². The molecule has 0 aliphatic carbocycles. The summed E-state index contributed by atoms with van der Waals surface area (Å²) in [4.78, 5) is 13.7. The topological polar surface area (TPSA) is 58.0 Å². The molecule has 0 saturated heterocycles. The molecule has 0 amide bonds. The van der Waals surface area contributed by atoms with Crippen LogP contribution in [0.25, 0.3) is 11.1 Å². The Bertz CT molecular complexity index is 568. The summed E-state index contributed by atoms with van der Waals surface area (Å²) < 4.78 is 4.96. The van der Waals surface area contributed by atoms with Gasteiger partial charge in [-0.25, -0.2) is 4.79 Å². The average molecular weight is 248 g/mol. The highest BCUT2D eigenvalue weighted by Gasteiger charge is 2.06. The molecule has 1 aromatic heterocycles. The van der Waals surface area contributed by atoms with E-state index in [1.165, 1.54) is 6.42 Å². The Hall–Kier alpha value is -1.71. The second kappa shape index (κ2) is 5.29. The van der Waals surface area contributed by atoms with Crippen LogP contribution in [0.4, 0.5) is 5.69 Å². The van der Waals surface area contributed by atoms with Gasteiger partial charge >= 0.3 is 5.76 Å². The lowest BCUT2D eigenvalue weighted by Gasteiger charge is -2.15. The number of fused-ring (bicyclic) bond motifs is 1. The number of hydrogen-bond donors (Lipinski definition) is 2. The lowest BCUT2D eigenvalue weighted by Crippen LogP contribution is -2.13. The second-order valence-electron chi connectivity index (χ2n) is 5.34. The van der Waals surface area contributed by atoms with Gasteiger partial charge < -0.3 is 9.73 Å². The third kappa shape index (κ3) is 3.15. The first-order valence-corrected chi connectivity index (χ1v) is 6.41. The third-order valence-electron chi connectivity index (χ3n) is 2.95. The molecule has 0 fully saturated rings. The van der Waals surface area contributed by atoms with Crippen molar-refractivity contribution in [3.63, 3.8) is 0 Å². The summed E-state index contributed by atoms with van der Waals surface area (Å²) in [6, 6.07) is 5.65. The van der Waals surface area contributed by atoms with Crippen LogP contribution in [-0.2, 0) is 0 Å². The number of nitrogens with one attached hydrogen (secondary N) is 2. The molecule has 1 heterocycles. The van der Waals surface area contributed by atoms with Gasteiger partial charge in [-0.05, 0) is 36.5 Å². The first-order valence-electron chi connectivity index (χ1n) is 6.41. The van der Waals surface area contributed by atoms with Gasteiger partial charge in [0, 0.05) is 12.2 Å². The molecular formula is C14H20N2O2. The van der Waals surface area contributed by atoms with Crippen LogP contribution in [0.1, 0.15) is 27.2 Å². The smallest absolute Gasteiger partial charge is 0.408 e. The lowest BCUT2D eigenvalue weighted by molar-refractivity contribution is 0.455. The van der Waals surface area contributed by atoms with Gasteiger partial charge in [0.25, 0.3) is 0 Å². The average Bonchev–Trinajstić information content (AvgIpc) is 2.64. The van der Waals surface area contributed by atoms with E-state index in [1.54, 1.807) is 0 Å². The maximum Gasteiger partial charge on any atom is 0.417 e. The van der Waals surface area contributed by atoms with Crippen molar-refractivity contribution in [2.45, 2.75) is 27.2 Å². The van der Waals surface area contributed by atoms with Crippen molar-refractivity contribution in [3.05, 3.63) is 28.7 Å². The molecule has 2 rings (SSSR count). The van der Waals surface area contributed by atoms with Gasteiger partial charge in [-0.1, -0.05) is 20.8 Å². The SMILES string of the molecule is CC(C)CC(C)CNc1ccc2oc(=O)[nH]c2c1. The van der Waals surface area contributed by atoms with Gasteiger partial charge in [0.15, 0.2) is 5.58 Å². The predicted octanol–water partition coefficient (Wildman–Crippen LogP) is 3.22. The molecule has 0 radical (unpaired) electrons. The van der Waals surface area contributed by atoms with Gasteiger partial charge in [0.05, 0.1) is 5.52 Å². The van der Waals surface area contributed by atoms with Crippen LogP contribution in [0.5, 0.6) is 0 Å². The zero-order chi connectivity index (χ0) is 13.1. The first kappa shape index (κ1) is 12.7. The minimum absolute atomic E-state index is 0.407. The standard InChI is InChI=1S/C14H20N2O2/c1-9(2)6-10(3)8-15-11-4-5-13-12(7-11)16-14(17)18-13/h4-5,7,9-10,15H,6,8H2,1-3H3,(H,16,17). The number of H-pyrrole nitrogens is 1. The molecule has 0 aliphatic rings. The Morgan fingerprint density at radius 3 is 2.83 bits per heavy atom. The van der Waals surface area contributed by atoms with E-state index < -0.39 is 5.76 Å². The van der Waals surface area contributed by atoms with E-state index in [0.29, 0.717) is 11.5 Å². The number of aromatic amines is 1. The molecule has 4 heteroatoms. The summed E-state index contributed by atoms with van der Waals surface area (Å²) in [5, 5.41) is 3.39. The predicted molar refractivity (Wildman–Crippen MR) is 73.9 cm³/mol. The van der Waals surface area contributed by atoms with E-state index >= 15 is 0 Å². The largest absolute Gasteiger partial charge is 0.417 e. The number of aromatic nitrogens is 1. The van der Waals surface area contributed by atoms with Crippen LogP contribution in [0.2, 0.25) is 0 Å². The number of benzene rings is 1. The maximum absolute atomic E-state index is 11.0. The van der Waals surface area contributed by atoms with Crippen LogP contribution in [0.3, 0.4) is 0 Å². The molecule has 98 valence electrons. The summed E-state index contributed by atoms with van der Waals surface area (Å²) in [5.41, 5.74) is 2.34. The molecule has 1 aromatic carbocycles. The van der Waals surface area contributed by atoms with E-state index in [1.807, 2.05) is 18.2 Å². The quantitative estimate of drug-likeness (QED) is 0.854. The molecule has 0 saturated carbocycles. The van der Waals surface area contributed by atoms with Gasteiger partial charge in [0.1, 0.15) is 0 Å². The molecule has 2 aromatic rings. The first-order chi connectivity index (χ1) is 8.54. The highest BCUT2D eigenvalue weighted by molar-refractivity contribution is 5.76. The monoisotopic (exact) mass is 248 g/mol. The van der Waals surface area contributed by atoms with E-state index in [-0.39, 0.29) is 0 Å². The van der Waals surface area contributed by atoms with Crippen molar-refractivity contribution in [1.82, 2.24) is 4.98 Å². The molecule has 0 spiro atoms. The summed E-state index contributed by atoms with van der Waals surface area (Å²) in [6.07, 6.45) is 1.21. The van der Waals surface area contributed by atoms with Crippen molar-refractivity contribution in [3.8, 4) is 0 Å². The van der Waals surface area contributed by atoms with E-state index in [9.17, 15) is 4.79 Å². The number of rotatable bonds is 5. The normalized spacial score (nSPS) is 13.1. The lowest BCUT2D eigenvalue weighted by atomic mass is 9.99. The molecule has 2 N–H and O–H groups in total. The Labute approximate surface area is 106 Å². The zero-order valence-electron chi connectivity index (χ0n) is 11.1. The fourth-order valence-corrected chi connectivity index (χ4v) is 2.24. The second-order valence-corrected chi connectivity index (χ2v) is 5.34. The van der Waals surface area contributed by atoms with E-state index in [4.69, 9.17) is 4.42 Å². The summed E-state index contributed by atoms with van der Waals surface area (Å²) in [5.74, 6) is 0.939. The molecule has 0 aliphatic heterocycles. The summed E-state index contributed by atoms with van der Waals surface area (Å²) in [6.45, 7) is 7.65. The molecule has 1 unspecified atom stereocenters. The maximum atomic E-state index is 11.0. The van der Waals surface area contributed by atoms with Crippen molar-refractivity contribution in [2.24, 2.45) is 11.8 Å². The fourth-order valence-electron chi connectivity index (χ4n) is 2.24. The fraction of sp³-hybridized carbons (Fsp3) is 0.500. The minimum atomic E-state index is -0.407. The van der Waals surface area contributed by atoms with Crippen molar-refractivity contribution in [2.75, 3.05) is 11.9 Å². The highest BCUT2D eigenvalue weighted by atomic mass is 16.4. The number of hydrogen-bond acceptors (Lipinski definition) is 3. The highest BCUT2D eigenvalue weighted by Crippen LogP contribution is 2.17. The van der Waals surface area contributed by atoms with Crippen LogP contribution in [0.15, 0.2) is 27.4 Å². The molecule has 1 atom stereocenters. The van der Waals surface area contributed by atoms with E-state index in [2.05, 4.69) is 31.1 Å². The molecule has 4 nitrogen and oxygen atoms in total. The molecule has 0 bridgehead atoms. The summed E-state index contributed by atoms with van der Waals surface area (Å²) >= 11 is 0. The van der Waals surface area contributed by atoms with Crippen LogP contribution in [-0.4, -0.2) is 11.5 Å². The zero-order valence-corrected chi connectivity index (χ0v) is 11.1. The number of oxazole rings is 1. The van der Waals surface area contributed by atoms with Crippen molar-refractivity contribution in [1.29, 1.82) is 0 Å². The van der Waals surface area contributed by atoms with Crippen LogP contribution < -0.4 is 11.1 Å². The summed E-state index contributed by atoms with van der Waals surface area (Å²) in [7, 11) is 0. The Morgan fingerprint density at radius 1 is 1.33 bits per heavy atom. The minimum Gasteiger partial charge on any atom is -0.408 e. The van der Waals surface area contributed by atoms with Crippen molar-refractivity contribution >= 4 is 16.8 Å². The third-order valence-corrected chi connectivity index (χ3v) is 2.95. The van der Waals surface area contributed by atoms with E-state index in [0.717, 1.165) is 23.7 Å². The molecule has 18 heavy (non-hydrogen) atoms. The Morgan fingerprint density at radius 2 is 2.11 bits per heavy atom. The van der Waals surface area contributed by atoms with Gasteiger partial charge in [0.2, 0.25) is 0 Å². The Balaban J connectivity index is 2.01. The molecular weight excluding hydrogens is 228 g/mol. The van der Waals surface area contributed by atoms with Crippen molar-refractivity contribution < 1.29 is 4.42 Å². The van der Waals surface area contributed by atoms with Gasteiger partial charge in [-0.3, -0.25) is 4.98 Å².